The number of sulfonamides is 1. The van der Waals surface area contributed by atoms with Gasteiger partial charge in [-0.1, -0.05) is 0 Å². The highest BCUT2D eigenvalue weighted by Crippen LogP contribution is 2.14. The fraction of sp³-hybridized carbons (Fsp3) is 0.667. The highest BCUT2D eigenvalue weighted by molar-refractivity contribution is 7.89. The van der Waals surface area contributed by atoms with Crippen LogP contribution in [0.2, 0.25) is 0 Å². The highest BCUT2D eigenvalue weighted by Gasteiger charge is 2.27. The van der Waals surface area contributed by atoms with Gasteiger partial charge in [0.05, 0.1) is 12.2 Å². The van der Waals surface area contributed by atoms with Gasteiger partial charge in [-0.25, -0.2) is 17.7 Å². The molecule has 1 aromatic rings. The van der Waals surface area contributed by atoms with Gasteiger partial charge in [0.2, 0.25) is 15.9 Å². The first-order chi connectivity index (χ1) is 11.2. The molecule has 24 heavy (non-hydrogen) atoms. The summed E-state index contributed by atoms with van der Waals surface area (Å²) in [6.45, 7) is 5.84. The lowest BCUT2D eigenvalue weighted by molar-refractivity contribution is -0.121. The molecule has 1 aliphatic rings. The van der Waals surface area contributed by atoms with Crippen molar-refractivity contribution >= 4 is 15.9 Å². The summed E-state index contributed by atoms with van der Waals surface area (Å²) >= 11 is 0. The second-order valence-corrected chi connectivity index (χ2v) is 8.29. The second kappa shape index (κ2) is 7.43. The van der Waals surface area contributed by atoms with Gasteiger partial charge in [-0.3, -0.25) is 9.59 Å². The molecular formula is C15H24N4O4S. The molecule has 2 rings (SSSR count). The highest BCUT2D eigenvalue weighted by atomic mass is 32.2. The van der Waals surface area contributed by atoms with Gasteiger partial charge in [0.1, 0.15) is 5.82 Å². The predicted molar refractivity (Wildman–Crippen MR) is 90.2 cm³/mol. The van der Waals surface area contributed by atoms with Gasteiger partial charge in [-0.05, 0) is 33.6 Å². The van der Waals surface area contributed by atoms with Crippen LogP contribution in [-0.4, -0.2) is 53.5 Å². The van der Waals surface area contributed by atoms with Gasteiger partial charge < -0.3 is 10.3 Å². The summed E-state index contributed by atoms with van der Waals surface area (Å²) in [5.74, 6) is 0.365. The quantitative estimate of drug-likeness (QED) is 0.762. The van der Waals surface area contributed by atoms with Crippen LogP contribution in [0.5, 0.6) is 0 Å². The number of aromatic nitrogens is 2. The molecule has 1 aliphatic heterocycles. The van der Waals surface area contributed by atoms with Crippen molar-refractivity contribution in [3.63, 3.8) is 0 Å². The molecule has 0 aromatic carbocycles. The standard InChI is InChI=1S/C15H24N4O4S/c1-4-24(22,23)19-7-5-12(6-8-19)18-14(20)9-13-10(2)16-11(3)17-15(13)21/h12H,4-9H2,1-3H3,(H,18,20)(H,16,17,21). The van der Waals surface area contributed by atoms with Gasteiger partial charge in [0.25, 0.3) is 5.56 Å². The Balaban J connectivity index is 1.92. The molecule has 0 unspecified atom stereocenters. The zero-order valence-electron chi connectivity index (χ0n) is 14.3. The number of carbonyl (C=O) groups is 1. The number of aromatic amines is 1. The molecule has 0 aliphatic carbocycles. The zero-order valence-corrected chi connectivity index (χ0v) is 15.1. The molecule has 134 valence electrons. The number of hydrogen-bond donors (Lipinski definition) is 2. The molecule has 0 bridgehead atoms. The summed E-state index contributed by atoms with van der Waals surface area (Å²) in [6, 6.07) is -0.0707. The molecule has 0 spiro atoms. The molecule has 1 fully saturated rings. The van der Waals surface area contributed by atoms with Gasteiger partial charge in [0.15, 0.2) is 0 Å². The molecular weight excluding hydrogens is 332 g/mol. The summed E-state index contributed by atoms with van der Waals surface area (Å²) < 4.78 is 25.1. The average Bonchev–Trinajstić information content (AvgIpc) is 2.51. The Bertz CT molecular complexity index is 764. The van der Waals surface area contributed by atoms with Crippen LogP contribution < -0.4 is 10.9 Å². The Morgan fingerprint density at radius 1 is 1.33 bits per heavy atom. The Morgan fingerprint density at radius 3 is 2.50 bits per heavy atom. The van der Waals surface area contributed by atoms with Crippen LogP contribution in [0.15, 0.2) is 4.79 Å². The number of piperidine rings is 1. The number of nitrogens with one attached hydrogen (secondary N) is 2. The minimum atomic E-state index is -3.17. The van der Waals surface area contributed by atoms with E-state index >= 15 is 0 Å². The van der Waals surface area contributed by atoms with E-state index in [4.69, 9.17) is 0 Å². The summed E-state index contributed by atoms with van der Waals surface area (Å²) in [7, 11) is -3.17. The first-order valence-corrected chi connectivity index (χ1v) is 9.67. The molecule has 1 saturated heterocycles. The zero-order chi connectivity index (χ0) is 17.9. The molecule has 0 saturated carbocycles. The average molecular weight is 356 g/mol. The lowest BCUT2D eigenvalue weighted by Gasteiger charge is -2.31. The molecule has 9 heteroatoms. The van der Waals surface area contributed by atoms with Crippen molar-refractivity contribution in [1.82, 2.24) is 19.6 Å². The lowest BCUT2D eigenvalue weighted by atomic mass is 10.1. The second-order valence-electron chi connectivity index (χ2n) is 6.03. The van der Waals surface area contributed by atoms with E-state index in [1.807, 2.05) is 0 Å². The molecule has 1 amide bonds. The maximum Gasteiger partial charge on any atom is 0.254 e. The number of carbonyl (C=O) groups excluding carboxylic acids is 1. The van der Waals surface area contributed by atoms with Crippen LogP contribution in [0.1, 0.15) is 36.8 Å². The number of aryl methyl sites for hydroxylation is 2. The van der Waals surface area contributed by atoms with Gasteiger partial charge in [0, 0.05) is 30.4 Å². The fourth-order valence-corrected chi connectivity index (χ4v) is 3.99. The van der Waals surface area contributed by atoms with E-state index in [1.54, 1.807) is 20.8 Å². The van der Waals surface area contributed by atoms with Crippen LogP contribution in [0.4, 0.5) is 0 Å². The van der Waals surface area contributed by atoms with Crippen molar-refractivity contribution < 1.29 is 13.2 Å². The monoisotopic (exact) mass is 356 g/mol. The molecule has 0 radical (unpaired) electrons. The smallest absolute Gasteiger partial charge is 0.254 e. The minimum Gasteiger partial charge on any atom is -0.353 e. The van der Waals surface area contributed by atoms with E-state index < -0.39 is 10.0 Å². The minimum absolute atomic E-state index is 0.0259. The summed E-state index contributed by atoms with van der Waals surface area (Å²) in [5, 5.41) is 2.89. The van der Waals surface area contributed by atoms with E-state index in [-0.39, 0.29) is 29.7 Å². The van der Waals surface area contributed by atoms with Crippen LogP contribution in [0.3, 0.4) is 0 Å². The van der Waals surface area contributed by atoms with E-state index in [9.17, 15) is 18.0 Å². The predicted octanol–water partition coefficient (Wildman–Crippen LogP) is -0.140. The van der Waals surface area contributed by atoms with Crippen molar-refractivity contribution in [2.24, 2.45) is 0 Å². The Hall–Kier alpha value is -1.74. The topological polar surface area (TPSA) is 112 Å². The molecule has 8 nitrogen and oxygen atoms in total. The van der Waals surface area contributed by atoms with Crippen LogP contribution in [-0.2, 0) is 21.2 Å². The first kappa shape index (κ1) is 18.6. The maximum absolute atomic E-state index is 12.2. The summed E-state index contributed by atoms with van der Waals surface area (Å²) in [4.78, 5) is 30.9. The van der Waals surface area contributed by atoms with Crippen LogP contribution >= 0.6 is 0 Å². The van der Waals surface area contributed by atoms with Crippen molar-refractivity contribution in [3.8, 4) is 0 Å². The lowest BCUT2D eigenvalue weighted by Crippen LogP contribution is -2.47. The van der Waals surface area contributed by atoms with E-state index in [1.165, 1.54) is 4.31 Å². The number of amides is 1. The molecule has 1 aromatic heterocycles. The summed E-state index contributed by atoms with van der Waals surface area (Å²) in [6.07, 6.45) is 1.13. The van der Waals surface area contributed by atoms with Gasteiger partial charge in [-0.15, -0.1) is 0 Å². The van der Waals surface area contributed by atoms with E-state index in [0.717, 1.165) is 0 Å². The van der Waals surface area contributed by atoms with Crippen LogP contribution in [0.25, 0.3) is 0 Å². The third-order valence-corrected chi connectivity index (χ3v) is 6.14. The Labute approximate surface area is 141 Å². The summed E-state index contributed by atoms with van der Waals surface area (Å²) in [5.41, 5.74) is 0.623. The number of H-pyrrole nitrogens is 1. The molecule has 0 atom stereocenters. The third-order valence-electron chi connectivity index (χ3n) is 4.26. The molecule has 2 N–H and O–H groups in total. The Kier molecular flexibility index (Phi) is 5.76. The maximum atomic E-state index is 12.2. The van der Waals surface area contributed by atoms with Crippen molar-refractivity contribution in [2.75, 3.05) is 18.8 Å². The first-order valence-electron chi connectivity index (χ1n) is 8.06. The molecule has 2 heterocycles. The number of rotatable bonds is 5. The number of hydrogen-bond acceptors (Lipinski definition) is 5. The van der Waals surface area contributed by atoms with Crippen molar-refractivity contribution in [2.45, 2.75) is 46.1 Å². The van der Waals surface area contributed by atoms with Gasteiger partial charge >= 0.3 is 0 Å². The third kappa shape index (κ3) is 4.41. The SMILES string of the molecule is CCS(=O)(=O)N1CCC(NC(=O)Cc2c(C)nc(C)[nH]c2=O)CC1. The van der Waals surface area contributed by atoms with Crippen LogP contribution in [0, 0.1) is 13.8 Å². The largest absolute Gasteiger partial charge is 0.353 e. The van der Waals surface area contributed by atoms with E-state index in [2.05, 4.69) is 15.3 Å². The Morgan fingerprint density at radius 2 is 1.96 bits per heavy atom. The van der Waals surface area contributed by atoms with Gasteiger partial charge in [-0.2, -0.15) is 0 Å². The normalized spacial score (nSPS) is 17.0. The van der Waals surface area contributed by atoms with E-state index in [0.29, 0.717) is 43.0 Å². The van der Waals surface area contributed by atoms with Crippen molar-refractivity contribution in [1.29, 1.82) is 0 Å². The fourth-order valence-electron chi connectivity index (χ4n) is 2.86. The van der Waals surface area contributed by atoms with Crippen molar-refractivity contribution in [3.05, 3.63) is 27.4 Å². The number of nitrogens with zero attached hydrogens (tertiary/aromatic N) is 2.